The number of nitrogens with zero attached hydrogens (tertiary/aromatic N) is 3. The van der Waals surface area contributed by atoms with E-state index >= 15 is 0 Å². The summed E-state index contributed by atoms with van der Waals surface area (Å²) in [6.45, 7) is 0. The summed E-state index contributed by atoms with van der Waals surface area (Å²) >= 11 is 3.36. The van der Waals surface area contributed by atoms with Crippen molar-refractivity contribution in [3.63, 3.8) is 0 Å². The maximum atomic E-state index is 12.9. The molecule has 0 bridgehead atoms. The van der Waals surface area contributed by atoms with Gasteiger partial charge in [0, 0.05) is 22.4 Å². The number of fused-ring (bicyclic) bond motifs is 2. The molecule has 2 aliphatic heterocycles. The molecule has 3 aromatic carbocycles. The Morgan fingerprint density at radius 2 is 1.57 bits per heavy atom. The van der Waals surface area contributed by atoms with Gasteiger partial charge in [-0.3, -0.25) is 3.97 Å². The van der Waals surface area contributed by atoms with Gasteiger partial charge >= 0.3 is 0 Å². The highest BCUT2D eigenvalue weighted by atomic mass is 79.9. The van der Waals surface area contributed by atoms with Crippen LogP contribution in [0.25, 0.3) is 33.5 Å². The molecule has 0 fully saturated rings. The highest BCUT2D eigenvalue weighted by Gasteiger charge is 2.18. The van der Waals surface area contributed by atoms with Gasteiger partial charge in [0.05, 0.1) is 11.4 Å². The molecular formula is C23H16BrN3O2S. The van der Waals surface area contributed by atoms with Crippen LogP contribution in [0.15, 0.2) is 89.7 Å². The second kappa shape index (κ2) is 7.34. The number of hydrogen-bond donors (Lipinski definition) is 0. The molecule has 0 aliphatic carbocycles. The van der Waals surface area contributed by atoms with Gasteiger partial charge in [-0.2, -0.15) is 0 Å². The van der Waals surface area contributed by atoms with Crippen molar-refractivity contribution in [1.29, 1.82) is 0 Å². The van der Waals surface area contributed by atoms with Crippen LogP contribution in [0.3, 0.4) is 0 Å². The molecule has 5 nitrogen and oxygen atoms in total. The van der Waals surface area contributed by atoms with E-state index in [2.05, 4.69) is 32.0 Å². The first-order valence-corrected chi connectivity index (χ1v) is 11.7. The average Bonchev–Trinajstić information content (AvgIpc) is 3.18. The van der Waals surface area contributed by atoms with Gasteiger partial charge in [-0.25, -0.2) is 18.4 Å². The minimum absolute atomic E-state index is 0.0951. The Hall–Kier alpha value is -3.03. The summed E-state index contributed by atoms with van der Waals surface area (Å²) in [4.78, 5) is 9.16. The van der Waals surface area contributed by atoms with Gasteiger partial charge < -0.3 is 0 Å². The summed E-state index contributed by atoms with van der Waals surface area (Å²) in [6, 6.07) is 23.1. The van der Waals surface area contributed by atoms with Gasteiger partial charge in [-0.1, -0.05) is 64.5 Å². The quantitative estimate of drug-likeness (QED) is 0.350. The van der Waals surface area contributed by atoms with Crippen LogP contribution in [-0.2, 0) is 15.8 Å². The first kappa shape index (κ1) is 19.0. The second-order valence-corrected chi connectivity index (χ2v) is 9.83. The van der Waals surface area contributed by atoms with E-state index in [1.165, 1.54) is 16.4 Å². The first-order valence-electron chi connectivity index (χ1n) is 9.31. The van der Waals surface area contributed by atoms with E-state index in [-0.39, 0.29) is 5.75 Å². The van der Waals surface area contributed by atoms with Gasteiger partial charge in [0.15, 0.2) is 5.82 Å². The highest BCUT2D eigenvalue weighted by Crippen LogP contribution is 2.27. The van der Waals surface area contributed by atoms with E-state index in [1.54, 1.807) is 18.2 Å². The topological polar surface area (TPSA) is 64.8 Å². The largest absolute Gasteiger partial charge is 0.250 e. The third-order valence-electron chi connectivity index (χ3n) is 4.94. The van der Waals surface area contributed by atoms with E-state index in [0.29, 0.717) is 17.2 Å². The monoisotopic (exact) mass is 477 g/mol. The molecule has 0 radical (unpaired) electrons. The Balaban J connectivity index is 1.50. The molecule has 2 heterocycles. The van der Waals surface area contributed by atoms with Crippen LogP contribution in [0, 0.1) is 0 Å². The lowest BCUT2D eigenvalue weighted by atomic mass is 10.1. The number of rotatable bonds is 4. The zero-order chi connectivity index (χ0) is 20.7. The van der Waals surface area contributed by atoms with E-state index in [4.69, 9.17) is 0 Å². The fourth-order valence-corrected chi connectivity index (χ4v) is 4.92. The average molecular weight is 478 g/mol. The summed E-state index contributed by atoms with van der Waals surface area (Å²) in [5.41, 5.74) is 2.82. The fraction of sp³-hybridized carbons (Fsp3) is 0.0435. The Kier molecular flexibility index (Phi) is 4.64. The molecule has 0 spiro atoms. The van der Waals surface area contributed by atoms with Crippen molar-refractivity contribution < 1.29 is 8.42 Å². The molecule has 0 N–H and O–H groups in total. The van der Waals surface area contributed by atoms with Gasteiger partial charge in [-0.15, -0.1) is 0 Å². The lowest BCUT2D eigenvalue weighted by Crippen LogP contribution is -2.15. The lowest BCUT2D eigenvalue weighted by molar-refractivity contribution is 0.586. The van der Waals surface area contributed by atoms with Crippen LogP contribution >= 0.6 is 15.9 Å². The molecule has 0 amide bonds. The standard InChI is InChI=1S/C23H16BrN3O2S/c24-20-9-5-16(6-10-20)15-30(28,29)27-12-11-21-22(14-27)26-23(25-21)19-8-7-17-3-1-2-4-18(17)13-19/h1-14H,15H2. The molecule has 7 heteroatoms. The molecular weight excluding hydrogens is 462 g/mol. The lowest BCUT2D eigenvalue weighted by Gasteiger charge is -2.09. The SMILES string of the molecule is O=S(=O)(Cc1ccc(Br)cc1)n1ccc2nc(-c3ccc4ccccc4c3)nc-2c1. The summed E-state index contributed by atoms with van der Waals surface area (Å²) in [5, 5.41) is 2.25. The van der Waals surface area contributed by atoms with Gasteiger partial charge in [0.25, 0.3) is 0 Å². The van der Waals surface area contributed by atoms with E-state index in [9.17, 15) is 8.42 Å². The molecule has 0 saturated heterocycles. The van der Waals surface area contributed by atoms with Crippen LogP contribution < -0.4 is 0 Å². The predicted octanol–water partition coefficient (Wildman–Crippen LogP) is 5.34. The molecule has 30 heavy (non-hydrogen) atoms. The third kappa shape index (κ3) is 3.62. The Labute approximate surface area is 182 Å². The summed E-state index contributed by atoms with van der Waals surface area (Å²) in [6.07, 6.45) is 3.05. The maximum Gasteiger partial charge on any atom is 0.242 e. The van der Waals surface area contributed by atoms with Crippen molar-refractivity contribution in [2.24, 2.45) is 0 Å². The Morgan fingerprint density at radius 1 is 0.833 bits per heavy atom. The first-order chi connectivity index (χ1) is 14.5. The molecule has 148 valence electrons. The zero-order valence-corrected chi connectivity index (χ0v) is 18.1. The van der Waals surface area contributed by atoms with Gasteiger partial charge in [-0.05, 0) is 40.6 Å². The molecule has 3 aromatic rings. The summed E-state index contributed by atoms with van der Waals surface area (Å²) < 4.78 is 27.8. The van der Waals surface area contributed by atoms with Crippen LogP contribution in [0.2, 0.25) is 0 Å². The Morgan fingerprint density at radius 3 is 2.37 bits per heavy atom. The van der Waals surface area contributed by atoms with Crippen LogP contribution in [0.5, 0.6) is 0 Å². The molecule has 0 unspecified atom stereocenters. The van der Waals surface area contributed by atoms with Crippen molar-refractivity contribution in [3.05, 3.63) is 95.2 Å². The third-order valence-corrected chi connectivity index (χ3v) is 7.03. The van der Waals surface area contributed by atoms with Crippen molar-refractivity contribution in [2.45, 2.75) is 5.75 Å². The van der Waals surface area contributed by atoms with Crippen LogP contribution in [0.1, 0.15) is 5.56 Å². The number of hydrogen-bond acceptors (Lipinski definition) is 4. The highest BCUT2D eigenvalue weighted by molar-refractivity contribution is 9.10. The van der Waals surface area contributed by atoms with Gasteiger partial charge in [0.2, 0.25) is 10.0 Å². The molecule has 0 atom stereocenters. The van der Waals surface area contributed by atoms with Crippen LogP contribution in [-0.4, -0.2) is 22.4 Å². The van der Waals surface area contributed by atoms with E-state index in [0.717, 1.165) is 26.4 Å². The van der Waals surface area contributed by atoms with Crippen molar-refractivity contribution in [2.75, 3.05) is 0 Å². The minimum Gasteiger partial charge on any atom is -0.250 e. The van der Waals surface area contributed by atoms with Gasteiger partial charge in [0.1, 0.15) is 5.69 Å². The fourth-order valence-electron chi connectivity index (χ4n) is 3.39. The smallest absolute Gasteiger partial charge is 0.242 e. The summed E-state index contributed by atoms with van der Waals surface area (Å²) in [5.74, 6) is 0.487. The predicted molar refractivity (Wildman–Crippen MR) is 122 cm³/mol. The zero-order valence-electron chi connectivity index (χ0n) is 15.7. The Bertz CT molecular complexity index is 1440. The number of imidazole rings is 1. The molecule has 5 rings (SSSR count). The van der Waals surface area contributed by atoms with E-state index in [1.807, 2.05) is 48.5 Å². The summed E-state index contributed by atoms with van der Waals surface area (Å²) in [7, 11) is -3.57. The van der Waals surface area contributed by atoms with Crippen molar-refractivity contribution in [1.82, 2.24) is 13.9 Å². The van der Waals surface area contributed by atoms with Crippen molar-refractivity contribution >= 4 is 36.7 Å². The number of halogens is 1. The number of pyridine rings is 1. The van der Waals surface area contributed by atoms with Crippen molar-refractivity contribution in [3.8, 4) is 22.8 Å². The maximum absolute atomic E-state index is 12.9. The normalized spacial score (nSPS) is 11.9. The molecule has 0 aromatic heterocycles. The second-order valence-electron chi connectivity index (χ2n) is 7.04. The molecule has 0 saturated carbocycles. The van der Waals surface area contributed by atoms with Crippen LogP contribution in [0.4, 0.5) is 0 Å². The molecule has 2 aliphatic rings. The van der Waals surface area contributed by atoms with E-state index < -0.39 is 10.0 Å². The minimum atomic E-state index is -3.57. The number of benzene rings is 3. The number of aromatic nitrogens is 3.